The molecule has 0 unspecified atom stereocenters. The molecule has 0 atom stereocenters. The Balaban J connectivity index is 1.91. The molecule has 0 radical (unpaired) electrons. The summed E-state index contributed by atoms with van der Waals surface area (Å²) in [6.45, 7) is 1.34. The molecule has 2 aromatic rings. The number of primary sulfonamides is 1. The summed E-state index contributed by atoms with van der Waals surface area (Å²) >= 11 is 0. The second kappa shape index (κ2) is 6.71. The zero-order chi connectivity index (χ0) is 15.3. The number of nitrogens with two attached hydrogens (primary N) is 1. The second-order valence-electron chi connectivity index (χ2n) is 4.64. The molecule has 0 saturated carbocycles. The van der Waals surface area contributed by atoms with E-state index in [1.54, 1.807) is 19.2 Å². The van der Waals surface area contributed by atoms with Gasteiger partial charge < -0.3 is 10.1 Å². The fraction of sp³-hybridized carbons (Fsp3) is 0.200. The molecule has 0 amide bonds. The van der Waals surface area contributed by atoms with Crippen molar-refractivity contribution in [2.45, 2.75) is 18.0 Å². The average molecular weight is 306 g/mol. The minimum atomic E-state index is -3.63. The summed E-state index contributed by atoms with van der Waals surface area (Å²) in [5, 5.41) is 8.35. The van der Waals surface area contributed by atoms with Crippen LogP contribution in [0.4, 0.5) is 0 Å². The van der Waals surface area contributed by atoms with Crippen molar-refractivity contribution in [3.63, 3.8) is 0 Å². The highest BCUT2D eigenvalue weighted by Gasteiger charge is 2.06. The molecule has 2 aromatic carbocycles. The van der Waals surface area contributed by atoms with Gasteiger partial charge in [0.25, 0.3) is 0 Å². The zero-order valence-electron chi connectivity index (χ0n) is 11.7. The predicted molar refractivity (Wildman–Crippen MR) is 81.4 cm³/mol. The highest BCUT2D eigenvalue weighted by atomic mass is 32.2. The maximum Gasteiger partial charge on any atom is 0.238 e. The van der Waals surface area contributed by atoms with Crippen LogP contribution < -0.4 is 15.2 Å². The summed E-state index contributed by atoms with van der Waals surface area (Å²) in [5.41, 5.74) is 2.11. The molecule has 0 aromatic heterocycles. The van der Waals surface area contributed by atoms with E-state index in [-0.39, 0.29) is 4.90 Å². The summed E-state index contributed by atoms with van der Waals surface area (Å²) < 4.78 is 27.5. The Hall–Kier alpha value is -1.89. The molecule has 0 bridgehead atoms. The van der Waals surface area contributed by atoms with Crippen LogP contribution in [0, 0.1) is 0 Å². The summed E-state index contributed by atoms with van der Waals surface area (Å²) in [4.78, 5) is 0.124. The topological polar surface area (TPSA) is 81.4 Å². The SMILES string of the molecule is COc1cccc(CNCc2ccc(S(N)(=O)=O)cc2)c1. The molecule has 0 spiro atoms. The van der Waals surface area contributed by atoms with Gasteiger partial charge in [-0.25, -0.2) is 13.6 Å². The third-order valence-corrected chi connectivity index (χ3v) is 3.97. The van der Waals surface area contributed by atoms with Gasteiger partial charge in [0.1, 0.15) is 5.75 Å². The molecule has 5 nitrogen and oxygen atoms in total. The lowest BCUT2D eigenvalue weighted by Crippen LogP contribution is -2.14. The van der Waals surface area contributed by atoms with E-state index in [4.69, 9.17) is 9.88 Å². The molecule has 2 rings (SSSR count). The van der Waals surface area contributed by atoms with Crippen LogP contribution in [-0.4, -0.2) is 15.5 Å². The van der Waals surface area contributed by atoms with E-state index in [0.717, 1.165) is 16.9 Å². The van der Waals surface area contributed by atoms with E-state index in [0.29, 0.717) is 13.1 Å². The minimum Gasteiger partial charge on any atom is -0.497 e. The summed E-state index contributed by atoms with van der Waals surface area (Å²) in [6, 6.07) is 14.3. The Kier molecular flexibility index (Phi) is 4.95. The first-order valence-corrected chi connectivity index (χ1v) is 7.99. The quantitative estimate of drug-likeness (QED) is 0.850. The van der Waals surface area contributed by atoms with Gasteiger partial charge in [0.05, 0.1) is 12.0 Å². The standard InChI is InChI=1S/C15H18N2O3S/c1-20-14-4-2-3-13(9-14)11-17-10-12-5-7-15(8-6-12)21(16,18)19/h2-9,17H,10-11H2,1H3,(H2,16,18,19). The number of hydrogen-bond donors (Lipinski definition) is 2. The van der Waals surface area contributed by atoms with Crippen LogP contribution in [0.25, 0.3) is 0 Å². The number of rotatable bonds is 6. The van der Waals surface area contributed by atoms with E-state index in [1.807, 2.05) is 24.3 Å². The summed E-state index contributed by atoms with van der Waals surface area (Å²) in [7, 11) is -1.99. The van der Waals surface area contributed by atoms with Crippen LogP contribution >= 0.6 is 0 Å². The van der Waals surface area contributed by atoms with Crippen LogP contribution in [0.5, 0.6) is 5.75 Å². The molecular weight excluding hydrogens is 288 g/mol. The molecule has 0 aliphatic rings. The van der Waals surface area contributed by atoms with Crippen molar-refractivity contribution in [3.8, 4) is 5.75 Å². The molecule has 0 heterocycles. The highest BCUT2D eigenvalue weighted by molar-refractivity contribution is 7.89. The molecule has 0 aliphatic heterocycles. The first kappa shape index (κ1) is 15.5. The second-order valence-corrected chi connectivity index (χ2v) is 6.21. The summed E-state index contributed by atoms with van der Waals surface area (Å²) in [5.74, 6) is 0.826. The third kappa shape index (κ3) is 4.56. The molecule has 21 heavy (non-hydrogen) atoms. The maximum atomic E-state index is 11.2. The predicted octanol–water partition coefficient (Wildman–Crippen LogP) is 1.63. The molecule has 0 saturated heterocycles. The van der Waals surface area contributed by atoms with Crippen LogP contribution in [0.15, 0.2) is 53.4 Å². The number of benzene rings is 2. The van der Waals surface area contributed by atoms with Gasteiger partial charge in [0.15, 0.2) is 0 Å². The van der Waals surface area contributed by atoms with Crippen LogP contribution in [-0.2, 0) is 23.1 Å². The lowest BCUT2D eigenvalue weighted by Gasteiger charge is -2.07. The highest BCUT2D eigenvalue weighted by Crippen LogP contribution is 2.13. The number of hydrogen-bond acceptors (Lipinski definition) is 4. The van der Waals surface area contributed by atoms with E-state index in [2.05, 4.69) is 5.32 Å². The van der Waals surface area contributed by atoms with Crippen LogP contribution in [0.2, 0.25) is 0 Å². The van der Waals surface area contributed by atoms with E-state index in [9.17, 15) is 8.42 Å². The lowest BCUT2D eigenvalue weighted by atomic mass is 10.2. The van der Waals surface area contributed by atoms with Gasteiger partial charge in [0, 0.05) is 13.1 Å². The monoisotopic (exact) mass is 306 g/mol. The van der Waals surface area contributed by atoms with Gasteiger partial charge in [0.2, 0.25) is 10.0 Å². The third-order valence-electron chi connectivity index (χ3n) is 3.04. The van der Waals surface area contributed by atoms with Gasteiger partial charge in [-0.1, -0.05) is 24.3 Å². The Morgan fingerprint density at radius 3 is 2.33 bits per heavy atom. The Morgan fingerprint density at radius 2 is 1.71 bits per heavy atom. The van der Waals surface area contributed by atoms with Crippen molar-refractivity contribution in [1.82, 2.24) is 5.32 Å². The Labute approximate surface area is 124 Å². The smallest absolute Gasteiger partial charge is 0.238 e. The van der Waals surface area contributed by atoms with Crippen molar-refractivity contribution < 1.29 is 13.2 Å². The van der Waals surface area contributed by atoms with Gasteiger partial charge in [-0.3, -0.25) is 0 Å². The van der Waals surface area contributed by atoms with E-state index in [1.165, 1.54) is 12.1 Å². The van der Waals surface area contributed by atoms with Crippen LogP contribution in [0.1, 0.15) is 11.1 Å². The molecule has 6 heteroatoms. The van der Waals surface area contributed by atoms with Gasteiger partial charge in [-0.2, -0.15) is 0 Å². The number of methoxy groups -OCH3 is 1. The van der Waals surface area contributed by atoms with Crippen molar-refractivity contribution in [3.05, 3.63) is 59.7 Å². The van der Waals surface area contributed by atoms with E-state index < -0.39 is 10.0 Å². The fourth-order valence-electron chi connectivity index (χ4n) is 1.93. The molecule has 112 valence electrons. The fourth-order valence-corrected chi connectivity index (χ4v) is 2.45. The van der Waals surface area contributed by atoms with E-state index >= 15 is 0 Å². The van der Waals surface area contributed by atoms with Crippen LogP contribution in [0.3, 0.4) is 0 Å². The number of sulfonamides is 1. The summed E-state index contributed by atoms with van der Waals surface area (Å²) in [6.07, 6.45) is 0. The molecular formula is C15H18N2O3S. The van der Waals surface area contributed by atoms with Gasteiger partial charge >= 0.3 is 0 Å². The largest absolute Gasteiger partial charge is 0.497 e. The van der Waals surface area contributed by atoms with Crippen molar-refractivity contribution in [2.24, 2.45) is 5.14 Å². The van der Waals surface area contributed by atoms with Gasteiger partial charge in [-0.15, -0.1) is 0 Å². The van der Waals surface area contributed by atoms with Crippen molar-refractivity contribution in [1.29, 1.82) is 0 Å². The zero-order valence-corrected chi connectivity index (χ0v) is 12.6. The lowest BCUT2D eigenvalue weighted by molar-refractivity contribution is 0.414. The van der Waals surface area contributed by atoms with Gasteiger partial charge in [-0.05, 0) is 35.4 Å². The first-order chi connectivity index (χ1) is 9.99. The molecule has 3 N–H and O–H groups in total. The maximum absolute atomic E-state index is 11.2. The van der Waals surface area contributed by atoms with Crippen molar-refractivity contribution in [2.75, 3.05) is 7.11 Å². The minimum absolute atomic E-state index is 0.124. The Bertz CT molecular complexity index is 697. The number of nitrogens with one attached hydrogen (secondary N) is 1. The normalized spacial score (nSPS) is 11.3. The molecule has 0 fully saturated rings. The Morgan fingerprint density at radius 1 is 1.05 bits per heavy atom. The number of ether oxygens (including phenoxy) is 1. The van der Waals surface area contributed by atoms with Crippen molar-refractivity contribution >= 4 is 10.0 Å². The average Bonchev–Trinajstić information content (AvgIpc) is 2.47. The first-order valence-electron chi connectivity index (χ1n) is 6.44. The molecule has 0 aliphatic carbocycles.